The van der Waals surface area contributed by atoms with E-state index in [4.69, 9.17) is 0 Å². The van der Waals surface area contributed by atoms with Crippen LogP contribution in [0.1, 0.15) is 18.4 Å². The van der Waals surface area contributed by atoms with Gasteiger partial charge in [-0.1, -0.05) is 30.3 Å². The lowest BCUT2D eigenvalue weighted by molar-refractivity contribution is -0.274. The molecular weight excluding hydrogens is 327 g/mol. The first-order valence-corrected chi connectivity index (χ1v) is 7.08. The van der Waals surface area contributed by atoms with Gasteiger partial charge in [-0.3, -0.25) is 0 Å². The lowest BCUT2D eigenvalue weighted by Crippen LogP contribution is -2.24. The quantitative estimate of drug-likeness (QED) is 0.854. The maximum atomic E-state index is 12.2. The van der Waals surface area contributed by atoms with Gasteiger partial charge in [-0.2, -0.15) is 0 Å². The molecule has 1 aliphatic rings. The number of rotatable bonds is 4. The molecule has 1 aliphatic carbocycles. The highest BCUT2D eigenvalue weighted by Crippen LogP contribution is 2.45. The van der Waals surface area contributed by atoms with Gasteiger partial charge in [0.25, 0.3) is 0 Å². The Morgan fingerprint density at radius 2 is 1.65 bits per heavy atom. The van der Waals surface area contributed by atoms with Crippen molar-refractivity contribution in [1.29, 1.82) is 0 Å². The van der Waals surface area contributed by atoms with Crippen LogP contribution < -0.4 is 10.1 Å². The van der Waals surface area contributed by atoms with Crippen molar-refractivity contribution in [3.8, 4) is 16.9 Å². The van der Waals surface area contributed by atoms with E-state index in [0.717, 1.165) is 24.0 Å². The van der Waals surface area contributed by atoms with Crippen molar-refractivity contribution in [1.82, 2.24) is 5.32 Å². The van der Waals surface area contributed by atoms with Gasteiger partial charge in [0.05, 0.1) is 0 Å². The zero-order valence-electron chi connectivity index (χ0n) is 12.5. The first-order chi connectivity index (χ1) is 10.4. The van der Waals surface area contributed by atoms with Gasteiger partial charge < -0.3 is 10.1 Å². The Balaban J connectivity index is 0.00000192. The molecule has 23 heavy (non-hydrogen) atoms. The number of nitrogens with one attached hydrogen (secondary N) is 1. The summed E-state index contributed by atoms with van der Waals surface area (Å²) in [5.74, 6) is -0.207. The minimum absolute atomic E-state index is 0. The molecule has 0 amide bonds. The van der Waals surface area contributed by atoms with E-state index < -0.39 is 6.36 Å². The van der Waals surface area contributed by atoms with Crippen LogP contribution in [0.15, 0.2) is 48.5 Å². The second-order valence-corrected chi connectivity index (χ2v) is 5.49. The van der Waals surface area contributed by atoms with Gasteiger partial charge in [0.1, 0.15) is 5.75 Å². The molecule has 0 heterocycles. The van der Waals surface area contributed by atoms with Crippen LogP contribution in [0.25, 0.3) is 11.1 Å². The maximum Gasteiger partial charge on any atom is 0.573 e. The van der Waals surface area contributed by atoms with E-state index in [9.17, 15) is 13.2 Å². The van der Waals surface area contributed by atoms with E-state index in [1.54, 1.807) is 12.1 Å². The van der Waals surface area contributed by atoms with Crippen LogP contribution >= 0.6 is 12.4 Å². The summed E-state index contributed by atoms with van der Waals surface area (Å²) in [6, 6.07) is 14.0. The maximum absolute atomic E-state index is 12.2. The Kier molecular flexibility index (Phi) is 4.92. The van der Waals surface area contributed by atoms with E-state index >= 15 is 0 Å². The third kappa shape index (κ3) is 3.98. The summed E-state index contributed by atoms with van der Waals surface area (Å²) in [6.07, 6.45) is -2.46. The van der Waals surface area contributed by atoms with Crippen molar-refractivity contribution < 1.29 is 17.9 Å². The van der Waals surface area contributed by atoms with Crippen LogP contribution in [0.5, 0.6) is 5.75 Å². The van der Waals surface area contributed by atoms with Crippen LogP contribution in [0.3, 0.4) is 0 Å². The van der Waals surface area contributed by atoms with E-state index in [-0.39, 0.29) is 23.7 Å². The minimum atomic E-state index is -4.66. The van der Waals surface area contributed by atoms with Crippen molar-refractivity contribution in [2.24, 2.45) is 0 Å². The summed E-state index contributed by atoms with van der Waals surface area (Å²) >= 11 is 0. The molecule has 2 aromatic carbocycles. The van der Waals surface area contributed by atoms with E-state index in [1.165, 1.54) is 17.7 Å². The molecule has 0 bridgehead atoms. The SMILES string of the molecule is CNC1(c2cccc(-c3ccc(OC(F)(F)F)cc3)c2)CC1.Cl. The molecule has 3 rings (SSSR count). The van der Waals surface area contributed by atoms with Crippen LogP contribution in [0, 0.1) is 0 Å². The standard InChI is InChI=1S/C17H16F3NO.ClH/c1-21-16(9-10-16)14-4-2-3-13(11-14)12-5-7-15(8-6-12)22-17(18,19)20;/h2-8,11,21H,9-10H2,1H3;1H. The Hall–Kier alpha value is -1.72. The van der Waals surface area contributed by atoms with E-state index in [2.05, 4.69) is 22.2 Å². The Morgan fingerprint density at radius 1 is 1.00 bits per heavy atom. The van der Waals surface area contributed by atoms with Crippen LogP contribution in [-0.2, 0) is 5.54 Å². The average molecular weight is 344 g/mol. The summed E-state index contributed by atoms with van der Waals surface area (Å²) in [5.41, 5.74) is 3.12. The van der Waals surface area contributed by atoms with Crippen molar-refractivity contribution in [3.63, 3.8) is 0 Å². The van der Waals surface area contributed by atoms with E-state index in [1.807, 2.05) is 19.2 Å². The van der Waals surface area contributed by atoms with Gasteiger partial charge in [-0.05, 0) is 54.8 Å². The Morgan fingerprint density at radius 3 is 2.17 bits per heavy atom. The Bertz CT molecular complexity index is 666. The number of halogens is 4. The molecule has 0 aliphatic heterocycles. The molecular formula is C17H17ClF3NO. The summed E-state index contributed by atoms with van der Waals surface area (Å²) in [4.78, 5) is 0. The lowest BCUT2D eigenvalue weighted by atomic mass is 9.98. The van der Waals surface area contributed by atoms with Crippen LogP contribution in [0.2, 0.25) is 0 Å². The molecule has 0 saturated heterocycles. The first-order valence-electron chi connectivity index (χ1n) is 7.08. The number of hydrogen-bond acceptors (Lipinski definition) is 2. The fraction of sp³-hybridized carbons (Fsp3) is 0.294. The third-order valence-electron chi connectivity index (χ3n) is 4.06. The fourth-order valence-corrected chi connectivity index (χ4v) is 2.65. The number of benzene rings is 2. The van der Waals surface area contributed by atoms with Gasteiger partial charge in [0, 0.05) is 5.54 Å². The normalized spacial score (nSPS) is 15.7. The lowest BCUT2D eigenvalue weighted by Gasteiger charge is -2.16. The molecule has 1 fully saturated rings. The monoisotopic (exact) mass is 343 g/mol. The summed E-state index contributed by atoms with van der Waals surface area (Å²) in [5, 5.41) is 3.34. The highest BCUT2D eigenvalue weighted by molar-refractivity contribution is 5.85. The molecule has 0 atom stereocenters. The second kappa shape index (κ2) is 6.42. The topological polar surface area (TPSA) is 21.3 Å². The number of ether oxygens (including phenoxy) is 1. The fourth-order valence-electron chi connectivity index (χ4n) is 2.65. The molecule has 1 N–H and O–H groups in total. The summed E-state index contributed by atoms with van der Waals surface area (Å²) in [7, 11) is 1.95. The number of alkyl halides is 3. The second-order valence-electron chi connectivity index (χ2n) is 5.49. The molecule has 2 aromatic rings. The molecule has 0 unspecified atom stereocenters. The van der Waals surface area contributed by atoms with Gasteiger partial charge in [0.2, 0.25) is 0 Å². The molecule has 0 aromatic heterocycles. The number of hydrogen-bond donors (Lipinski definition) is 1. The van der Waals surface area contributed by atoms with Crippen LogP contribution in [-0.4, -0.2) is 13.4 Å². The minimum Gasteiger partial charge on any atom is -0.406 e. The molecule has 0 spiro atoms. The Labute approximate surface area is 139 Å². The molecule has 0 radical (unpaired) electrons. The van der Waals surface area contributed by atoms with Gasteiger partial charge >= 0.3 is 6.36 Å². The predicted octanol–water partition coefficient (Wildman–Crippen LogP) is 4.88. The van der Waals surface area contributed by atoms with E-state index in [0.29, 0.717) is 0 Å². The van der Waals surface area contributed by atoms with Gasteiger partial charge in [-0.25, -0.2) is 0 Å². The van der Waals surface area contributed by atoms with Gasteiger partial charge in [-0.15, -0.1) is 25.6 Å². The highest BCUT2D eigenvalue weighted by atomic mass is 35.5. The van der Waals surface area contributed by atoms with Gasteiger partial charge in [0.15, 0.2) is 0 Å². The third-order valence-corrected chi connectivity index (χ3v) is 4.06. The highest BCUT2D eigenvalue weighted by Gasteiger charge is 2.42. The van der Waals surface area contributed by atoms with Crippen LogP contribution in [0.4, 0.5) is 13.2 Å². The van der Waals surface area contributed by atoms with Crippen molar-refractivity contribution in [2.75, 3.05) is 7.05 Å². The molecule has 6 heteroatoms. The largest absolute Gasteiger partial charge is 0.573 e. The smallest absolute Gasteiger partial charge is 0.406 e. The molecule has 2 nitrogen and oxygen atoms in total. The summed E-state index contributed by atoms with van der Waals surface area (Å²) < 4.78 is 40.4. The molecule has 1 saturated carbocycles. The first kappa shape index (κ1) is 17.6. The van der Waals surface area contributed by atoms with Crippen molar-refractivity contribution in [3.05, 3.63) is 54.1 Å². The zero-order valence-corrected chi connectivity index (χ0v) is 13.3. The molecule has 124 valence electrons. The zero-order chi connectivity index (χ0) is 15.8. The summed E-state index contributed by atoms with van der Waals surface area (Å²) in [6.45, 7) is 0. The van der Waals surface area contributed by atoms with Crippen molar-refractivity contribution in [2.45, 2.75) is 24.7 Å². The average Bonchev–Trinajstić information content (AvgIpc) is 3.28. The van der Waals surface area contributed by atoms with Crippen molar-refractivity contribution >= 4 is 12.4 Å². The predicted molar refractivity (Wildman–Crippen MR) is 85.8 cm³/mol.